The van der Waals surface area contributed by atoms with E-state index < -0.39 is 0 Å². The fourth-order valence-electron chi connectivity index (χ4n) is 3.09. The summed E-state index contributed by atoms with van der Waals surface area (Å²) in [4.78, 5) is 0. The van der Waals surface area contributed by atoms with Crippen molar-refractivity contribution >= 4 is 0 Å². The second-order valence-electron chi connectivity index (χ2n) is 6.47. The van der Waals surface area contributed by atoms with E-state index in [1.54, 1.807) is 0 Å². The zero-order valence-electron chi connectivity index (χ0n) is 13.1. The average molecular weight is 280 g/mol. The molecule has 0 aliphatic heterocycles. The molecule has 1 aromatic carbocycles. The molecule has 110 valence electrons. The molecule has 0 fully saturated rings. The van der Waals surface area contributed by atoms with Crippen molar-refractivity contribution in [3.63, 3.8) is 0 Å². The van der Waals surface area contributed by atoms with Crippen molar-refractivity contribution in [2.24, 2.45) is 5.41 Å². The summed E-state index contributed by atoms with van der Waals surface area (Å²) in [5.41, 5.74) is 4.19. The fraction of sp³-hybridized carbons (Fsp3) is 0.400. The third kappa shape index (κ3) is 4.09. The number of ether oxygens (including phenoxy) is 1. The maximum Gasteiger partial charge on any atom is 0.108 e. The maximum atomic E-state index is 5.94. The molecule has 0 aromatic heterocycles. The Hall–Kier alpha value is -1.78. The Morgan fingerprint density at radius 3 is 2.71 bits per heavy atom. The highest BCUT2D eigenvalue weighted by Gasteiger charge is 2.33. The molecule has 1 unspecified atom stereocenters. The highest BCUT2D eigenvalue weighted by molar-refractivity contribution is 5.35. The third-order valence-corrected chi connectivity index (χ3v) is 4.06. The fourth-order valence-corrected chi connectivity index (χ4v) is 3.09. The molecule has 0 N–H and O–H groups in total. The minimum Gasteiger partial charge on any atom is -0.361 e. The summed E-state index contributed by atoms with van der Waals surface area (Å²) in [5, 5.41) is 0. The van der Waals surface area contributed by atoms with Gasteiger partial charge in [-0.2, -0.15) is 0 Å². The van der Waals surface area contributed by atoms with Crippen LogP contribution in [0.5, 0.6) is 0 Å². The van der Waals surface area contributed by atoms with Crippen LogP contribution >= 0.6 is 0 Å². The molecule has 0 amide bonds. The van der Waals surface area contributed by atoms with Gasteiger partial charge in [0.1, 0.15) is 6.61 Å². The molecule has 21 heavy (non-hydrogen) atoms. The molecule has 0 saturated heterocycles. The molecule has 1 aliphatic carbocycles. The van der Waals surface area contributed by atoms with Crippen molar-refractivity contribution in [1.82, 2.24) is 0 Å². The summed E-state index contributed by atoms with van der Waals surface area (Å²) in [6.07, 6.45) is 10.4. The van der Waals surface area contributed by atoms with E-state index in [9.17, 15) is 0 Å². The first-order valence-corrected chi connectivity index (χ1v) is 7.49. The summed E-state index contributed by atoms with van der Waals surface area (Å²) >= 11 is 0. The monoisotopic (exact) mass is 280 g/mol. The number of hydrogen-bond donors (Lipinski definition) is 0. The molecule has 0 saturated carbocycles. The van der Waals surface area contributed by atoms with Crippen LogP contribution in [0.4, 0.5) is 0 Å². The lowest BCUT2D eigenvalue weighted by Crippen LogP contribution is -2.32. The van der Waals surface area contributed by atoms with E-state index in [0.29, 0.717) is 6.61 Å². The molecule has 1 aromatic rings. The van der Waals surface area contributed by atoms with E-state index >= 15 is 0 Å². The summed E-state index contributed by atoms with van der Waals surface area (Å²) in [7, 11) is 0. The Morgan fingerprint density at radius 1 is 1.38 bits per heavy atom. The number of rotatable bonds is 5. The largest absolute Gasteiger partial charge is 0.361 e. The first-order chi connectivity index (χ1) is 10.1. The minimum atomic E-state index is 0.0954. The molecule has 2 rings (SSSR count). The SMILES string of the molecule is C#CCOC1CC(C)(C)CC(C=C)=C1Cc1ccccc1. The maximum absolute atomic E-state index is 5.94. The molecule has 1 nitrogen and oxygen atoms in total. The second-order valence-corrected chi connectivity index (χ2v) is 6.47. The number of benzene rings is 1. The number of allylic oxidation sites excluding steroid dienone is 2. The van der Waals surface area contributed by atoms with E-state index in [2.05, 4.69) is 50.6 Å². The van der Waals surface area contributed by atoms with Gasteiger partial charge in [-0.3, -0.25) is 0 Å². The van der Waals surface area contributed by atoms with Gasteiger partial charge in [-0.25, -0.2) is 0 Å². The molecular weight excluding hydrogens is 256 g/mol. The average Bonchev–Trinajstić information content (AvgIpc) is 2.47. The number of terminal acetylenes is 1. The molecule has 0 spiro atoms. The molecule has 0 radical (unpaired) electrons. The van der Waals surface area contributed by atoms with Gasteiger partial charge in [0.05, 0.1) is 6.10 Å². The van der Waals surface area contributed by atoms with Crippen LogP contribution in [0.1, 0.15) is 32.3 Å². The smallest absolute Gasteiger partial charge is 0.108 e. The molecule has 1 heteroatoms. The van der Waals surface area contributed by atoms with Crippen molar-refractivity contribution < 1.29 is 4.74 Å². The van der Waals surface area contributed by atoms with Gasteiger partial charge in [0.2, 0.25) is 0 Å². The van der Waals surface area contributed by atoms with Crippen molar-refractivity contribution in [3.05, 3.63) is 59.7 Å². The lowest BCUT2D eigenvalue weighted by molar-refractivity contribution is 0.0563. The van der Waals surface area contributed by atoms with Gasteiger partial charge >= 0.3 is 0 Å². The summed E-state index contributed by atoms with van der Waals surface area (Å²) in [6.45, 7) is 8.93. The quantitative estimate of drug-likeness (QED) is 0.719. The predicted octanol–water partition coefficient (Wildman–Crippen LogP) is 4.55. The highest BCUT2D eigenvalue weighted by atomic mass is 16.5. The van der Waals surface area contributed by atoms with E-state index in [-0.39, 0.29) is 11.5 Å². The van der Waals surface area contributed by atoms with E-state index in [4.69, 9.17) is 11.2 Å². The van der Waals surface area contributed by atoms with Crippen molar-refractivity contribution in [2.45, 2.75) is 39.2 Å². The Morgan fingerprint density at radius 2 is 2.10 bits per heavy atom. The lowest BCUT2D eigenvalue weighted by Gasteiger charge is -2.38. The van der Waals surface area contributed by atoms with Gasteiger partial charge in [-0.15, -0.1) is 6.42 Å². The lowest BCUT2D eigenvalue weighted by atomic mass is 9.71. The molecule has 1 atom stereocenters. The molecule has 0 heterocycles. The topological polar surface area (TPSA) is 9.23 Å². The van der Waals surface area contributed by atoms with Gasteiger partial charge in [0.25, 0.3) is 0 Å². The first-order valence-electron chi connectivity index (χ1n) is 7.49. The third-order valence-electron chi connectivity index (χ3n) is 4.06. The van der Waals surface area contributed by atoms with Crippen LogP contribution in [0.15, 0.2) is 54.1 Å². The summed E-state index contributed by atoms with van der Waals surface area (Å²) < 4.78 is 5.94. The van der Waals surface area contributed by atoms with Crippen molar-refractivity contribution in [1.29, 1.82) is 0 Å². The normalized spacial score (nSPS) is 20.9. The molecule has 0 bridgehead atoms. The summed E-state index contributed by atoms with van der Waals surface area (Å²) in [6, 6.07) is 10.5. The van der Waals surface area contributed by atoms with E-state index in [1.807, 2.05) is 12.1 Å². The van der Waals surface area contributed by atoms with Crippen LogP contribution in [-0.2, 0) is 11.2 Å². The summed E-state index contributed by atoms with van der Waals surface area (Å²) in [5.74, 6) is 2.59. The van der Waals surface area contributed by atoms with Crippen LogP contribution in [0, 0.1) is 17.8 Å². The Labute approximate surface area is 128 Å². The first kappa shape index (κ1) is 15.6. The second kappa shape index (κ2) is 6.78. The van der Waals surface area contributed by atoms with Crippen molar-refractivity contribution in [2.75, 3.05) is 6.61 Å². The predicted molar refractivity (Wildman–Crippen MR) is 89.0 cm³/mol. The van der Waals surface area contributed by atoms with Crippen LogP contribution < -0.4 is 0 Å². The Bertz CT molecular complexity index is 557. The van der Waals surface area contributed by atoms with Crippen LogP contribution in [0.2, 0.25) is 0 Å². The van der Waals surface area contributed by atoms with Crippen LogP contribution in [0.25, 0.3) is 0 Å². The zero-order chi connectivity index (χ0) is 15.3. The van der Waals surface area contributed by atoms with Gasteiger partial charge < -0.3 is 4.74 Å². The standard InChI is InChI=1S/C20H24O/c1-5-12-21-19-15-20(3,4)14-17(6-2)18(19)13-16-10-8-7-9-11-16/h1,6-11,19H,2,12-15H2,3-4H3. The minimum absolute atomic E-state index is 0.0954. The van der Waals surface area contributed by atoms with Crippen LogP contribution in [0.3, 0.4) is 0 Å². The Kier molecular flexibility index (Phi) is 5.04. The highest BCUT2D eigenvalue weighted by Crippen LogP contribution is 2.41. The zero-order valence-corrected chi connectivity index (χ0v) is 13.1. The number of hydrogen-bond acceptors (Lipinski definition) is 1. The van der Waals surface area contributed by atoms with E-state index in [1.165, 1.54) is 16.7 Å². The van der Waals surface area contributed by atoms with Gasteiger partial charge in [-0.05, 0) is 41.4 Å². The van der Waals surface area contributed by atoms with Crippen LogP contribution in [-0.4, -0.2) is 12.7 Å². The van der Waals surface area contributed by atoms with Crippen molar-refractivity contribution in [3.8, 4) is 12.3 Å². The Balaban J connectivity index is 2.31. The van der Waals surface area contributed by atoms with Gasteiger partial charge in [0.15, 0.2) is 0 Å². The van der Waals surface area contributed by atoms with Gasteiger partial charge in [-0.1, -0.05) is 62.8 Å². The molecular formula is C20H24O. The molecule has 1 aliphatic rings. The van der Waals surface area contributed by atoms with Gasteiger partial charge in [0, 0.05) is 0 Å². The van der Waals surface area contributed by atoms with E-state index in [0.717, 1.165) is 19.3 Å².